The Morgan fingerprint density at radius 1 is 1.29 bits per heavy atom. The highest BCUT2D eigenvalue weighted by Gasteiger charge is 2.02. The van der Waals surface area contributed by atoms with E-state index in [1.54, 1.807) is 7.11 Å². The van der Waals surface area contributed by atoms with Gasteiger partial charge in [-0.3, -0.25) is 0 Å². The molecule has 0 bridgehead atoms. The first kappa shape index (κ1) is 10.8. The van der Waals surface area contributed by atoms with E-state index in [1.807, 2.05) is 31.2 Å². The fourth-order valence-electron chi connectivity index (χ4n) is 1.18. The van der Waals surface area contributed by atoms with Gasteiger partial charge in [0.05, 0.1) is 6.61 Å². The highest BCUT2D eigenvalue weighted by Crippen LogP contribution is 2.23. The molecule has 0 aromatic heterocycles. The van der Waals surface area contributed by atoms with Gasteiger partial charge in [-0.1, -0.05) is 24.8 Å². The van der Waals surface area contributed by atoms with Gasteiger partial charge in [-0.15, -0.1) is 0 Å². The van der Waals surface area contributed by atoms with Crippen molar-refractivity contribution < 1.29 is 9.47 Å². The Balaban J connectivity index is 2.69. The lowest BCUT2D eigenvalue weighted by molar-refractivity contribution is 0.146. The Kier molecular flexibility index (Phi) is 4.20. The van der Waals surface area contributed by atoms with Crippen molar-refractivity contribution in [3.8, 4) is 5.75 Å². The van der Waals surface area contributed by atoms with E-state index in [0.717, 1.165) is 16.9 Å². The molecule has 0 saturated carbocycles. The van der Waals surface area contributed by atoms with Gasteiger partial charge in [0.25, 0.3) is 0 Å². The van der Waals surface area contributed by atoms with Crippen molar-refractivity contribution in [3.05, 3.63) is 36.4 Å². The van der Waals surface area contributed by atoms with Crippen LogP contribution in [-0.4, -0.2) is 20.3 Å². The van der Waals surface area contributed by atoms with Crippen LogP contribution in [0.5, 0.6) is 5.75 Å². The van der Waals surface area contributed by atoms with Crippen LogP contribution in [0.25, 0.3) is 5.57 Å². The molecule has 2 nitrogen and oxygen atoms in total. The number of hydrogen-bond donors (Lipinski definition) is 0. The molecule has 2 heteroatoms. The molecule has 0 amide bonds. The SMILES string of the molecule is C=C(C)c1ccccc1OCCOC. The number of hydrogen-bond acceptors (Lipinski definition) is 2. The van der Waals surface area contributed by atoms with Crippen LogP contribution in [-0.2, 0) is 4.74 Å². The molecular weight excluding hydrogens is 176 g/mol. The summed E-state index contributed by atoms with van der Waals surface area (Å²) >= 11 is 0. The predicted molar refractivity (Wildman–Crippen MR) is 58.5 cm³/mol. The summed E-state index contributed by atoms with van der Waals surface area (Å²) in [5.74, 6) is 0.872. The molecule has 0 N–H and O–H groups in total. The summed E-state index contributed by atoms with van der Waals surface area (Å²) in [4.78, 5) is 0. The summed E-state index contributed by atoms with van der Waals surface area (Å²) in [5.41, 5.74) is 2.07. The van der Waals surface area contributed by atoms with Gasteiger partial charge < -0.3 is 9.47 Å². The maximum absolute atomic E-state index is 5.55. The average Bonchev–Trinajstić information content (AvgIpc) is 2.19. The van der Waals surface area contributed by atoms with Crippen molar-refractivity contribution in [2.75, 3.05) is 20.3 Å². The van der Waals surface area contributed by atoms with E-state index < -0.39 is 0 Å². The molecule has 0 heterocycles. The van der Waals surface area contributed by atoms with Crippen LogP contribution in [0.3, 0.4) is 0 Å². The molecule has 0 aliphatic rings. The highest BCUT2D eigenvalue weighted by atomic mass is 16.5. The lowest BCUT2D eigenvalue weighted by Crippen LogP contribution is -2.05. The van der Waals surface area contributed by atoms with Crippen molar-refractivity contribution in [1.82, 2.24) is 0 Å². The number of methoxy groups -OCH3 is 1. The fraction of sp³-hybridized carbons (Fsp3) is 0.333. The van der Waals surface area contributed by atoms with Crippen molar-refractivity contribution in [3.63, 3.8) is 0 Å². The molecule has 1 rings (SSSR count). The first-order valence-electron chi connectivity index (χ1n) is 4.62. The number of para-hydroxylation sites is 1. The van der Waals surface area contributed by atoms with Crippen LogP contribution < -0.4 is 4.74 Å². The van der Waals surface area contributed by atoms with E-state index in [2.05, 4.69) is 6.58 Å². The predicted octanol–water partition coefficient (Wildman–Crippen LogP) is 2.74. The maximum atomic E-state index is 5.55. The van der Waals surface area contributed by atoms with Crippen LogP contribution >= 0.6 is 0 Å². The number of allylic oxidation sites excluding steroid dienone is 1. The van der Waals surface area contributed by atoms with E-state index in [9.17, 15) is 0 Å². The van der Waals surface area contributed by atoms with E-state index in [0.29, 0.717) is 13.2 Å². The van der Waals surface area contributed by atoms with Gasteiger partial charge in [0.15, 0.2) is 0 Å². The summed E-state index contributed by atoms with van der Waals surface area (Å²) in [6, 6.07) is 7.88. The van der Waals surface area contributed by atoms with Gasteiger partial charge >= 0.3 is 0 Å². The number of rotatable bonds is 5. The third kappa shape index (κ3) is 2.89. The van der Waals surface area contributed by atoms with Crippen LogP contribution in [0.15, 0.2) is 30.8 Å². The highest BCUT2D eigenvalue weighted by molar-refractivity contribution is 5.66. The van der Waals surface area contributed by atoms with Crippen LogP contribution in [0.1, 0.15) is 12.5 Å². The molecule has 0 radical (unpaired) electrons. The molecule has 0 atom stereocenters. The fourth-order valence-corrected chi connectivity index (χ4v) is 1.18. The second-order valence-electron chi connectivity index (χ2n) is 3.12. The van der Waals surface area contributed by atoms with Crippen molar-refractivity contribution in [2.45, 2.75) is 6.92 Å². The second-order valence-corrected chi connectivity index (χ2v) is 3.12. The Bertz CT molecular complexity index is 305. The summed E-state index contributed by atoms with van der Waals surface area (Å²) in [7, 11) is 1.66. The first-order valence-corrected chi connectivity index (χ1v) is 4.62. The summed E-state index contributed by atoms with van der Waals surface area (Å²) in [5, 5.41) is 0. The van der Waals surface area contributed by atoms with E-state index >= 15 is 0 Å². The molecule has 1 aromatic rings. The molecule has 76 valence electrons. The van der Waals surface area contributed by atoms with E-state index in [-0.39, 0.29) is 0 Å². The Morgan fingerprint density at radius 2 is 2.00 bits per heavy atom. The molecule has 0 fully saturated rings. The Morgan fingerprint density at radius 3 is 2.64 bits per heavy atom. The first-order chi connectivity index (χ1) is 6.75. The van der Waals surface area contributed by atoms with Crippen molar-refractivity contribution >= 4 is 5.57 Å². The lowest BCUT2D eigenvalue weighted by atomic mass is 10.1. The molecule has 0 spiro atoms. The Labute approximate surface area is 85.2 Å². The minimum absolute atomic E-state index is 0.570. The normalized spacial score (nSPS) is 9.86. The summed E-state index contributed by atoms with van der Waals surface area (Å²) in [6.07, 6.45) is 0. The zero-order chi connectivity index (χ0) is 10.4. The van der Waals surface area contributed by atoms with E-state index in [4.69, 9.17) is 9.47 Å². The van der Waals surface area contributed by atoms with Gasteiger partial charge in [-0.25, -0.2) is 0 Å². The van der Waals surface area contributed by atoms with E-state index in [1.165, 1.54) is 0 Å². The second kappa shape index (κ2) is 5.45. The van der Waals surface area contributed by atoms with Crippen molar-refractivity contribution in [2.24, 2.45) is 0 Å². The largest absolute Gasteiger partial charge is 0.491 e. The third-order valence-electron chi connectivity index (χ3n) is 1.89. The van der Waals surface area contributed by atoms with Crippen molar-refractivity contribution in [1.29, 1.82) is 0 Å². The molecule has 1 aromatic carbocycles. The molecular formula is C12H16O2. The van der Waals surface area contributed by atoms with Gasteiger partial charge in [0.2, 0.25) is 0 Å². The monoisotopic (exact) mass is 192 g/mol. The molecule has 0 aliphatic heterocycles. The summed E-state index contributed by atoms with van der Waals surface area (Å²) in [6.45, 7) is 7.05. The van der Waals surface area contributed by atoms with Crippen LogP contribution in [0.4, 0.5) is 0 Å². The minimum atomic E-state index is 0.570. The van der Waals surface area contributed by atoms with Gasteiger partial charge in [-0.2, -0.15) is 0 Å². The van der Waals surface area contributed by atoms with Crippen LogP contribution in [0, 0.1) is 0 Å². The average molecular weight is 192 g/mol. The Hall–Kier alpha value is -1.28. The maximum Gasteiger partial charge on any atom is 0.126 e. The topological polar surface area (TPSA) is 18.5 Å². The zero-order valence-electron chi connectivity index (χ0n) is 8.75. The zero-order valence-corrected chi connectivity index (χ0v) is 8.75. The molecule has 0 saturated heterocycles. The third-order valence-corrected chi connectivity index (χ3v) is 1.89. The van der Waals surface area contributed by atoms with Gasteiger partial charge in [-0.05, 0) is 18.6 Å². The standard InChI is InChI=1S/C12H16O2/c1-10(2)11-6-4-5-7-12(11)14-9-8-13-3/h4-7H,1,8-9H2,2-3H3. The molecule has 14 heavy (non-hydrogen) atoms. The van der Waals surface area contributed by atoms with Gasteiger partial charge in [0.1, 0.15) is 12.4 Å². The molecule has 0 unspecified atom stereocenters. The number of ether oxygens (including phenoxy) is 2. The summed E-state index contributed by atoms with van der Waals surface area (Å²) < 4.78 is 10.5. The van der Waals surface area contributed by atoms with Crippen LogP contribution in [0.2, 0.25) is 0 Å². The molecule has 0 aliphatic carbocycles. The quantitative estimate of drug-likeness (QED) is 0.668. The number of benzene rings is 1. The lowest BCUT2D eigenvalue weighted by Gasteiger charge is -2.10. The smallest absolute Gasteiger partial charge is 0.126 e. The minimum Gasteiger partial charge on any atom is -0.491 e. The van der Waals surface area contributed by atoms with Gasteiger partial charge in [0, 0.05) is 12.7 Å².